The third kappa shape index (κ3) is 4.30. The van der Waals surface area contributed by atoms with Crippen LogP contribution in [-0.2, 0) is 4.79 Å². The molecule has 116 valence electrons. The first-order valence-electron chi connectivity index (χ1n) is 6.60. The Bertz CT molecular complexity index is 609. The van der Waals surface area contributed by atoms with Crippen LogP contribution in [-0.4, -0.2) is 16.9 Å². The van der Waals surface area contributed by atoms with Gasteiger partial charge in [0.25, 0.3) is 0 Å². The van der Waals surface area contributed by atoms with Crippen LogP contribution in [0.15, 0.2) is 15.9 Å². The number of nitrogens with two attached hydrogens (primary N) is 1. The minimum atomic E-state index is -0.481. The number of aryl methyl sites for hydroxylation is 2. The second kappa shape index (κ2) is 7.59. The molecule has 7 heteroatoms. The topological polar surface area (TPSA) is 81.2 Å². The molecular formula is C14H20ClN3O2S. The first-order valence-corrected chi connectivity index (χ1v) is 7.48. The van der Waals surface area contributed by atoms with Gasteiger partial charge in [0.05, 0.1) is 11.7 Å². The van der Waals surface area contributed by atoms with Crippen LogP contribution >= 0.6 is 23.7 Å². The molecule has 1 atom stereocenters. The monoisotopic (exact) mass is 329 g/mol. The Morgan fingerprint density at radius 3 is 2.81 bits per heavy atom. The van der Waals surface area contributed by atoms with Crippen molar-refractivity contribution in [3.63, 3.8) is 0 Å². The SMILES string of the molecule is CCCC(N)C(=O)Nc1nc(-c2cc(C)oc2C)cs1.Cl. The summed E-state index contributed by atoms with van der Waals surface area (Å²) in [6.45, 7) is 5.80. The zero-order valence-corrected chi connectivity index (χ0v) is 13.9. The van der Waals surface area contributed by atoms with Crippen LogP contribution in [0.2, 0.25) is 0 Å². The molecule has 0 aromatic carbocycles. The lowest BCUT2D eigenvalue weighted by Crippen LogP contribution is -2.35. The summed E-state index contributed by atoms with van der Waals surface area (Å²) in [7, 11) is 0. The van der Waals surface area contributed by atoms with Crippen molar-refractivity contribution in [1.82, 2.24) is 4.98 Å². The molecule has 0 saturated heterocycles. The molecule has 3 N–H and O–H groups in total. The van der Waals surface area contributed by atoms with E-state index < -0.39 is 6.04 Å². The molecule has 0 radical (unpaired) electrons. The fraction of sp³-hybridized carbons (Fsp3) is 0.429. The van der Waals surface area contributed by atoms with E-state index in [1.54, 1.807) is 0 Å². The second-order valence-corrected chi connectivity index (χ2v) is 5.61. The highest BCUT2D eigenvalue weighted by molar-refractivity contribution is 7.14. The van der Waals surface area contributed by atoms with Gasteiger partial charge in [-0.25, -0.2) is 4.98 Å². The smallest absolute Gasteiger partial charge is 0.243 e. The average molecular weight is 330 g/mol. The van der Waals surface area contributed by atoms with Crippen molar-refractivity contribution in [3.05, 3.63) is 23.0 Å². The quantitative estimate of drug-likeness (QED) is 0.879. The molecule has 1 amide bonds. The van der Waals surface area contributed by atoms with E-state index in [0.717, 1.165) is 29.2 Å². The first-order chi connectivity index (χ1) is 9.51. The summed E-state index contributed by atoms with van der Waals surface area (Å²) in [5, 5.41) is 5.22. The third-order valence-electron chi connectivity index (χ3n) is 2.99. The molecule has 1 unspecified atom stereocenters. The van der Waals surface area contributed by atoms with Crippen LogP contribution in [0.4, 0.5) is 5.13 Å². The maximum absolute atomic E-state index is 11.8. The van der Waals surface area contributed by atoms with E-state index in [4.69, 9.17) is 10.2 Å². The van der Waals surface area contributed by atoms with Crippen LogP contribution in [0.3, 0.4) is 0 Å². The van der Waals surface area contributed by atoms with Gasteiger partial charge in [-0.1, -0.05) is 13.3 Å². The number of rotatable bonds is 5. The minimum absolute atomic E-state index is 0. The predicted molar refractivity (Wildman–Crippen MR) is 88.1 cm³/mol. The lowest BCUT2D eigenvalue weighted by atomic mass is 10.2. The molecule has 0 spiro atoms. The van der Waals surface area contributed by atoms with Gasteiger partial charge in [-0.15, -0.1) is 23.7 Å². The summed E-state index contributed by atoms with van der Waals surface area (Å²) in [5.41, 5.74) is 7.54. The van der Waals surface area contributed by atoms with Crippen LogP contribution in [0.5, 0.6) is 0 Å². The van der Waals surface area contributed by atoms with E-state index in [1.165, 1.54) is 11.3 Å². The van der Waals surface area contributed by atoms with Crippen molar-refractivity contribution in [1.29, 1.82) is 0 Å². The number of thiazole rings is 1. The molecule has 0 bridgehead atoms. The van der Waals surface area contributed by atoms with Crippen LogP contribution in [0, 0.1) is 13.8 Å². The zero-order chi connectivity index (χ0) is 14.7. The fourth-order valence-electron chi connectivity index (χ4n) is 1.98. The van der Waals surface area contributed by atoms with Crippen LogP contribution in [0.25, 0.3) is 11.3 Å². The summed E-state index contributed by atoms with van der Waals surface area (Å²) < 4.78 is 5.49. The lowest BCUT2D eigenvalue weighted by Gasteiger charge is -2.08. The molecule has 0 aliphatic carbocycles. The highest BCUT2D eigenvalue weighted by Gasteiger charge is 2.16. The second-order valence-electron chi connectivity index (χ2n) is 4.75. The molecule has 5 nitrogen and oxygen atoms in total. The van der Waals surface area contributed by atoms with Gasteiger partial charge in [0.1, 0.15) is 11.5 Å². The Morgan fingerprint density at radius 1 is 1.52 bits per heavy atom. The van der Waals surface area contributed by atoms with Crippen molar-refractivity contribution in [3.8, 4) is 11.3 Å². The van der Waals surface area contributed by atoms with Gasteiger partial charge in [-0.05, 0) is 26.3 Å². The predicted octanol–water partition coefficient (Wildman–Crippen LogP) is 3.51. The van der Waals surface area contributed by atoms with Gasteiger partial charge in [-0.3, -0.25) is 4.79 Å². The standard InChI is InChI=1S/C14H19N3O2S.ClH/c1-4-5-11(15)13(18)17-14-16-12(7-20-14)10-6-8(2)19-9(10)3;/h6-7,11H,4-5,15H2,1-3H3,(H,16,17,18);1H. The maximum Gasteiger partial charge on any atom is 0.243 e. The molecule has 2 aromatic heterocycles. The summed E-state index contributed by atoms with van der Waals surface area (Å²) in [6.07, 6.45) is 1.55. The molecule has 2 aromatic rings. The lowest BCUT2D eigenvalue weighted by molar-refractivity contribution is -0.117. The Balaban J connectivity index is 0.00000220. The number of anilines is 1. The number of furan rings is 1. The number of nitrogens with one attached hydrogen (secondary N) is 1. The molecule has 2 rings (SSSR count). The van der Waals surface area contributed by atoms with E-state index in [1.807, 2.05) is 32.2 Å². The van der Waals surface area contributed by atoms with Gasteiger partial charge in [0.15, 0.2) is 5.13 Å². The van der Waals surface area contributed by atoms with Crippen molar-refractivity contribution in [2.45, 2.75) is 39.7 Å². The van der Waals surface area contributed by atoms with Gasteiger partial charge < -0.3 is 15.5 Å². The van der Waals surface area contributed by atoms with E-state index in [9.17, 15) is 4.79 Å². The van der Waals surface area contributed by atoms with Crippen LogP contribution < -0.4 is 11.1 Å². The van der Waals surface area contributed by atoms with E-state index >= 15 is 0 Å². The Kier molecular flexibility index (Phi) is 6.39. The Hall–Kier alpha value is -1.37. The number of nitrogens with zero attached hydrogens (tertiary/aromatic N) is 1. The van der Waals surface area contributed by atoms with Crippen molar-refractivity contribution in [2.24, 2.45) is 5.73 Å². The summed E-state index contributed by atoms with van der Waals surface area (Å²) in [4.78, 5) is 16.2. The van der Waals surface area contributed by atoms with Gasteiger partial charge in [0, 0.05) is 10.9 Å². The largest absolute Gasteiger partial charge is 0.466 e. The van der Waals surface area contributed by atoms with Crippen molar-refractivity contribution < 1.29 is 9.21 Å². The molecule has 0 aliphatic heterocycles. The van der Waals surface area contributed by atoms with E-state index in [-0.39, 0.29) is 18.3 Å². The molecule has 0 aliphatic rings. The fourth-order valence-corrected chi connectivity index (χ4v) is 2.69. The number of hydrogen-bond donors (Lipinski definition) is 2. The number of hydrogen-bond acceptors (Lipinski definition) is 5. The number of amides is 1. The van der Waals surface area contributed by atoms with Gasteiger partial charge in [-0.2, -0.15) is 0 Å². The summed E-state index contributed by atoms with van der Waals surface area (Å²) in [5.74, 6) is 1.49. The number of carbonyl (C=O) groups is 1. The molecule has 2 heterocycles. The number of carbonyl (C=O) groups excluding carboxylic acids is 1. The highest BCUT2D eigenvalue weighted by atomic mass is 35.5. The van der Waals surface area contributed by atoms with Crippen molar-refractivity contribution >= 4 is 34.8 Å². The number of halogens is 1. The van der Waals surface area contributed by atoms with Gasteiger partial charge in [0.2, 0.25) is 5.91 Å². The van der Waals surface area contributed by atoms with Crippen molar-refractivity contribution in [2.75, 3.05) is 5.32 Å². The summed E-state index contributed by atoms with van der Waals surface area (Å²) >= 11 is 1.39. The Morgan fingerprint density at radius 2 is 2.24 bits per heavy atom. The number of aromatic nitrogens is 1. The normalized spacial score (nSPS) is 11.8. The zero-order valence-electron chi connectivity index (χ0n) is 12.3. The maximum atomic E-state index is 11.8. The van der Waals surface area contributed by atoms with Crippen LogP contribution in [0.1, 0.15) is 31.3 Å². The molecule has 0 saturated carbocycles. The Labute approximate surface area is 134 Å². The average Bonchev–Trinajstić information content (AvgIpc) is 2.96. The third-order valence-corrected chi connectivity index (χ3v) is 3.75. The molecular weight excluding hydrogens is 310 g/mol. The van der Waals surface area contributed by atoms with Gasteiger partial charge >= 0.3 is 0 Å². The van der Waals surface area contributed by atoms with E-state index in [2.05, 4.69) is 10.3 Å². The minimum Gasteiger partial charge on any atom is -0.466 e. The first kappa shape index (κ1) is 17.7. The molecule has 0 fully saturated rings. The highest BCUT2D eigenvalue weighted by Crippen LogP contribution is 2.29. The molecule has 21 heavy (non-hydrogen) atoms. The summed E-state index contributed by atoms with van der Waals surface area (Å²) in [6, 6.07) is 1.46. The van der Waals surface area contributed by atoms with E-state index in [0.29, 0.717) is 11.6 Å².